The minimum Gasteiger partial charge on any atom is -0.456 e. The van der Waals surface area contributed by atoms with E-state index in [0.717, 1.165) is 44.6 Å². The fourth-order valence-electron chi connectivity index (χ4n) is 6.96. The molecule has 0 atom stereocenters. The zero-order valence-corrected chi connectivity index (χ0v) is 26.3. The first-order valence-electron chi connectivity index (χ1n) is 16.3. The molecule has 9 aromatic rings. The van der Waals surface area contributed by atoms with E-state index in [4.69, 9.17) is 4.42 Å². The van der Waals surface area contributed by atoms with Crippen molar-refractivity contribution in [2.75, 3.05) is 4.90 Å². The first-order chi connectivity index (χ1) is 23.8. The lowest BCUT2D eigenvalue weighted by Crippen LogP contribution is -2.10. The molecule has 0 aliphatic heterocycles. The Balaban J connectivity index is 1.28. The summed E-state index contributed by atoms with van der Waals surface area (Å²) in [6.45, 7) is 0. The maximum atomic E-state index is 6.50. The van der Waals surface area contributed by atoms with Crippen molar-refractivity contribution in [2.24, 2.45) is 0 Å². The third-order valence-corrected chi connectivity index (χ3v) is 9.25. The van der Waals surface area contributed by atoms with Gasteiger partial charge in [0.15, 0.2) is 0 Å². The number of para-hydroxylation sites is 1. The summed E-state index contributed by atoms with van der Waals surface area (Å²) in [6, 6.07) is 66.9. The largest absolute Gasteiger partial charge is 0.456 e. The lowest BCUT2D eigenvalue weighted by atomic mass is 9.94. The van der Waals surface area contributed by atoms with Gasteiger partial charge in [-0.05, 0) is 92.7 Å². The highest BCUT2D eigenvalue weighted by Gasteiger charge is 2.19. The molecule has 0 saturated carbocycles. The smallest absolute Gasteiger partial charge is 0.136 e. The van der Waals surface area contributed by atoms with Crippen LogP contribution in [0.15, 0.2) is 192 Å². The average molecular weight is 614 g/mol. The summed E-state index contributed by atoms with van der Waals surface area (Å²) in [5.74, 6) is 0. The van der Waals surface area contributed by atoms with Crippen LogP contribution in [0.1, 0.15) is 0 Å². The Morgan fingerprint density at radius 1 is 0.312 bits per heavy atom. The molecule has 0 aliphatic carbocycles. The van der Waals surface area contributed by atoms with Crippen molar-refractivity contribution in [1.29, 1.82) is 0 Å². The van der Waals surface area contributed by atoms with Crippen LogP contribution in [0.3, 0.4) is 0 Å². The van der Waals surface area contributed by atoms with Crippen LogP contribution in [-0.2, 0) is 0 Å². The first kappa shape index (κ1) is 27.9. The summed E-state index contributed by atoms with van der Waals surface area (Å²) in [5.41, 5.74) is 12.1. The van der Waals surface area contributed by atoms with Gasteiger partial charge in [0, 0.05) is 27.8 Å². The molecule has 1 heterocycles. The van der Waals surface area contributed by atoms with E-state index in [2.05, 4.69) is 187 Å². The maximum absolute atomic E-state index is 6.50. The fourth-order valence-corrected chi connectivity index (χ4v) is 6.96. The van der Waals surface area contributed by atoms with E-state index < -0.39 is 0 Å². The summed E-state index contributed by atoms with van der Waals surface area (Å²) < 4.78 is 6.50. The standard InChI is InChI=1S/C46H31NO/c1-4-13-32(14-5-1)34-23-25-37(26-24-34)47(38-20-12-19-36(29-38)33-15-6-2-7-16-33)39-27-28-40-42(35-17-8-3-9-18-35)31-45-46(43(40)30-39)41-21-10-11-22-44(41)48-45/h1-31H. The van der Waals surface area contributed by atoms with Crippen molar-refractivity contribution in [1.82, 2.24) is 0 Å². The monoisotopic (exact) mass is 613 g/mol. The Labute approximate surface area is 279 Å². The number of fused-ring (bicyclic) bond motifs is 5. The number of rotatable bonds is 6. The molecule has 0 aliphatic rings. The summed E-state index contributed by atoms with van der Waals surface area (Å²) >= 11 is 0. The van der Waals surface area contributed by atoms with Crippen molar-refractivity contribution in [3.63, 3.8) is 0 Å². The highest BCUT2D eigenvalue weighted by Crippen LogP contribution is 2.44. The number of hydrogen-bond acceptors (Lipinski definition) is 2. The topological polar surface area (TPSA) is 16.4 Å². The second-order valence-corrected chi connectivity index (χ2v) is 12.2. The van der Waals surface area contributed by atoms with Crippen molar-refractivity contribution in [2.45, 2.75) is 0 Å². The van der Waals surface area contributed by atoms with E-state index in [-0.39, 0.29) is 0 Å². The molecular weight excluding hydrogens is 583 g/mol. The van der Waals surface area contributed by atoms with Crippen LogP contribution in [0.5, 0.6) is 0 Å². The molecule has 0 spiro atoms. The Morgan fingerprint density at radius 2 is 0.875 bits per heavy atom. The third kappa shape index (κ3) is 4.92. The van der Waals surface area contributed by atoms with E-state index in [1.807, 2.05) is 6.07 Å². The van der Waals surface area contributed by atoms with Crippen LogP contribution < -0.4 is 4.90 Å². The van der Waals surface area contributed by atoms with Gasteiger partial charge in [0.2, 0.25) is 0 Å². The predicted molar refractivity (Wildman–Crippen MR) is 202 cm³/mol. The minimum atomic E-state index is 0.893. The molecule has 1 aromatic heterocycles. The summed E-state index contributed by atoms with van der Waals surface area (Å²) in [5, 5.41) is 4.62. The van der Waals surface area contributed by atoms with E-state index in [9.17, 15) is 0 Å². The average Bonchev–Trinajstić information content (AvgIpc) is 3.55. The first-order valence-corrected chi connectivity index (χ1v) is 16.3. The van der Waals surface area contributed by atoms with E-state index in [0.29, 0.717) is 0 Å². The van der Waals surface area contributed by atoms with Crippen LogP contribution in [0, 0.1) is 0 Å². The van der Waals surface area contributed by atoms with Gasteiger partial charge in [-0.2, -0.15) is 0 Å². The van der Waals surface area contributed by atoms with Gasteiger partial charge in [0.05, 0.1) is 0 Å². The Hall–Kier alpha value is -6.38. The molecule has 0 amide bonds. The quantitative estimate of drug-likeness (QED) is 0.185. The van der Waals surface area contributed by atoms with Crippen LogP contribution in [0.25, 0.3) is 66.1 Å². The van der Waals surface area contributed by atoms with Crippen LogP contribution in [0.2, 0.25) is 0 Å². The lowest BCUT2D eigenvalue weighted by molar-refractivity contribution is 0.669. The zero-order chi connectivity index (χ0) is 31.9. The number of hydrogen-bond donors (Lipinski definition) is 0. The summed E-state index contributed by atoms with van der Waals surface area (Å²) in [6.07, 6.45) is 0. The number of anilines is 3. The second-order valence-electron chi connectivity index (χ2n) is 12.2. The Kier molecular flexibility index (Phi) is 6.84. The second kappa shape index (κ2) is 11.8. The predicted octanol–water partition coefficient (Wildman–Crippen LogP) is 13.2. The third-order valence-electron chi connectivity index (χ3n) is 9.25. The van der Waals surface area contributed by atoms with Crippen LogP contribution >= 0.6 is 0 Å². The van der Waals surface area contributed by atoms with E-state index in [1.54, 1.807) is 0 Å². The molecule has 8 aromatic carbocycles. The molecule has 0 radical (unpaired) electrons. The molecule has 0 saturated heterocycles. The van der Waals surface area contributed by atoms with Gasteiger partial charge in [-0.1, -0.05) is 140 Å². The van der Waals surface area contributed by atoms with Crippen molar-refractivity contribution >= 4 is 49.8 Å². The van der Waals surface area contributed by atoms with E-state index in [1.165, 1.54) is 38.6 Å². The SMILES string of the molecule is c1ccc(-c2ccc(N(c3cccc(-c4ccccc4)c3)c3ccc4c(-c5ccccc5)cc5oc6ccccc6c5c4c3)cc2)cc1. The Bertz CT molecular complexity index is 2530. The Morgan fingerprint density at radius 3 is 1.60 bits per heavy atom. The van der Waals surface area contributed by atoms with Crippen molar-refractivity contribution < 1.29 is 4.42 Å². The molecule has 9 rings (SSSR count). The van der Waals surface area contributed by atoms with Crippen molar-refractivity contribution in [3.05, 3.63) is 188 Å². The molecule has 2 nitrogen and oxygen atoms in total. The van der Waals surface area contributed by atoms with Crippen LogP contribution in [-0.4, -0.2) is 0 Å². The summed E-state index contributed by atoms with van der Waals surface area (Å²) in [4.78, 5) is 2.37. The number of benzene rings is 8. The highest BCUT2D eigenvalue weighted by atomic mass is 16.3. The van der Waals surface area contributed by atoms with Gasteiger partial charge in [-0.15, -0.1) is 0 Å². The maximum Gasteiger partial charge on any atom is 0.136 e. The number of nitrogens with zero attached hydrogens (tertiary/aromatic N) is 1. The minimum absolute atomic E-state index is 0.893. The van der Waals surface area contributed by atoms with Gasteiger partial charge in [-0.3, -0.25) is 0 Å². The molecule has 48 heavy (non-hydrogen) atoms. The van der Waals surface area contributed by atoms with Gasteiger partial charge in [-0.25, -0.2) is 0 Å². The lowest BCUT2D eigenvalue weighted by Gasteiger charge is -2.27. The van der Waals surface area contributed by atoms with Gasteiger partial charge in [0.1, 0.15) is 11.2 Å². The molecular formula is C46H31NO. The molecule has 0 fully saturated rings. The highest BCUT2D eigenvalue weighted by molar-refractivity contribution is 6.22. The molecule has 226 valence electrons. The molecule has 0 N–H and O–H groups in total. The fraction of sp³-hybridized carbons (Fsp3) is 0. The van der Waals surface area contributed by atoms with Gasteiger partial charge >= 0.3 is 0 Å². The van der Waals surface area contributed by atoms with Gasteiger partial charge < -0.3 is 9.32 Å². The molecule has 0 unspecified atom stereocenters. The number of furan rings is 1. The normalized spacial score (nSPS) is 11.3. The van der Waals surface area contributed by atoms with Crippen LogP contribution in [0.4, 0.5) is 17.1 Å². The van der Waals surface area contributed by atoms with Crippen molar-refractivity contribution in [3.8, 4) is 33.4 Å². The van der Waals surface area contributed by atoms with E-state index >= 15 is 0 Å². The summed E-state index contributed by atoms with van der Waals surface area (Å²) in [7, 11) is 0. The molecule has 0 bridgehead atoms. The van der Waals surface area contributed by atoms with Gasteiger partial charge in [0.25, 0.3) is 0 Å². The molecule has 2 heteroatoms. The zero-order valence-electron chi connectivity index (χ0n) is 26.3.